The molecule has 0 radical (unpaired) electrons. The first-order chi connectivity index (χ1) is 8.79. The Labute approximate surface area is 113 Å². The Morgan fingerprint density at radius 1 is 1.50 bits per heavy atom. The van der Waals surface area contributed by atoms with E-state index in [9.17, 15) is 4.79 Å². The van der Waals surface area contributed by atoms with Gasteiger partial charge in [-0.25, -0.2) is 9.97 Å². The minimum atomic E-state index is -0.243. The van der Waals surface area contributed by atoms with Gasteiger partial charge in [-0.1, -0.05) is 17.8 Å². The molecule has 4 nitrogen and oxygen atoms in total. The summed E-state index contributed by atoms with van der Waals surface area (Å²) in [5.41, 5.74) is 0.881. The summed E-state index contributed by atoms with van der Waals surface area (Å²) < 4.78 is 4.85. The number of thiophene rings is 1. The van der Waals surface area contributed by atoms with Gasteiger partial charge in [0, 0.05) is 6.20 Å². The number of thioether (sulfide) groups is 1. The smallest absolute Gasteiger partial charge is 0.316 e. The lowest BCUT2D eigenvalue weighted by molar-refractivity contribution is -0.139. The quantitative estimate of drug-likeness (QED) is 0.479. The van der Waals surface area contributed by atoms with Crippen molar-refractivity contribution in [3.8, 4) is 10.6 Å². The minimum Gasteiger partial charge on any atom is -0.465 e. The maximum absolute atomic E-state index is 11.2. The Balaban J connectivity index is 2.02. The lowest BCUT2D eigenvalue weighted by Crippen LogP contribution is -2.07. The van der Waals surface area contributed by atoms with Gasteiger partial charge in [-0.05, 0) is 24.4 Å². The van der Waals surface area contributed by atoms with Crippen molar-refractivity contribution in [2.24, 2.45) is 0 Å². The zero-order valence-electron chi connectivity index (χ0n) is 9.83. The molecule has 0 amide bonds. The maximum Gasteiger partial charge on any atom is 0.316 e. The molecular formula is C12H12N2O2S2. The molecule has 0 saturated carbocycles. The van der Waals surface area contributed by atoms with Crippen molar-refractivity contribution in [1.82, 2.24) is 9.97 Å². The highest BCUT2D eigenvalue weighted by Crippen LogP contribution is 2.24. The zero-order chi connectivity index (χ0) is 12.8. The highest BCUT2D eigenvalue weighted by atomic mass is 32.2. The maximum atomic E-state index is 11.2. The van der Waals surface area contributed by atoms with Crippen LogP contribution in [0.15, 0.2) is 34.9 Å². The molecule has 0 fully saturated rings. The van der Waals surface area contributed by atoms with E-state index >= 15 is 0 Å². The van der Waals surface area contributed by atoms with Gasteiger partial charge in [-0.3, -0.25) is 4.79 Å². The van der Waals surface area contributed by atoms with Crippen LogP contribution >= 0.6 is 23.1 Å². The molecule has 6 heteroatoms. The third kappa shape index (κ3) is 3.54. The summed E-state index contributed by atoms with van der Waals surface area (Å²) in [7, 11) is 0. The standard InChI is InChI=1S/C12H12N2O2S2/c1-2-16-11(15)8-18-12-13-6-5-9(14-12)10-4-3-7-17-10/h3-7H,2,8H2,1H3. The number of hydrogen-bond acceptors (Lipinski definition) is 6. The van der Waals surface area contributed by atoms with Gasteiger partial charge in [-0.2, -0.15) is 0 Å². The van der Waals surface area contributed by atoms with Crippen LogP contribution in [0.2, 0.25) is 0 Å². The molecule has 2 aromatic rings. The van der Waals surface area contributed by atoms with E-state index in [1.54, 1.807) is 24.5 Å². The van der Waals surface area contributed by atoms with Crippen LogP contribution in [0.25, 0.3) is 10.6 Å². The summed E-state index contributed by atoms with van der Waals surface area (Å²) in [6.07, 6.45) is 1.70. The molecule has 2 heterocycles. The SMILES string of the molecule is CCOC(=O)CSc1nccc(-c2cccs2)n1. The number of nitrogens with zero attached hydrogens (tertiary/aromatic N) is 2. The van der Waals surface area contributed by atoms with Gasteiger partial charge >= 0.3 is 5.97 Å². The molecule has 0 unspecified atom stereocenters. The van der Waals surface area contributed by atoms with Gasteiger partial charge in [0.1, 0.15) is 0 Å². The minimum absolute atomic E-state index is 0.238. The molecule has 0 N–H and O–H groups in total. The van der Waals surface area contributed by atoms with E-state index in [1.807, 2.05) is 23.6 Å². The van der Waals surface area contributed by atoms with Crippen molar-refractivity contribution in [2.75, 3.05) is 12.4 Å². The van der Waals surface area contributed by atoms with E-state index in [-0.39, 0.29) is 11.7 Å². The molecule has 0 aromatic carbocycles. The number of aromatic nitrogens is 2. The monoisotopic (exact) mass is 280 g/mol. The van der Waals surface area contributed by atoms with Gasteiger partial charge in [0.15, 0.2) is 5.16 Å². The van der Waals surface area contributed by atoms with Crippen LogP contribution in [0, 0.1) is 0 Å². The molecule has 2 aromatic heterocycles. The lowest BCUT2D eigenvalue weighted by atomic mass is 10.3. The third-order valence-electron chi connectivity index (χ3n) is 2.03. The Hall–Kier alpha value is -1.40. The molecule has 0 aliphatic heterocycles. The largest absolute Gasteiger partial charge is 0.465 e. The Morgan fingerprint density at radius 2 is 2.39 bits per heavy atom. The molecule has 0 spiro atoms. The van der Waals surface area contributed by atoms with Crippen LogP contribution < -0.4 is 0 Å². The average molecular weight is 280 g/mol. The number of hydrogen-bond donors (Lipinski definition) is 0. The summed E-state index contributed by atoms with van der Waals surface area (Å²) in [5.74, 6) is -0.00511. The summed E-state index contributed by atoms with van der Waals surface area (Å²) in [4.78, 5) is 20.9. The van der Waals surface area contributed by atoms with Crippen molar-refractivity contribution < 1.29 is 9.53 Å². The van der Waals surface area contributed by atoms with Crippen molar-refractivity contribution in [2.45, 2.75) is 12.1 Å². The fraction of sp³-hybridized carbons (Fsp3) is 0.250. The van der Waals surface area contributed by atoms with E-state index in [2.05, 4.69) is 9.97 Å². The van der Waals surface area contributed by atoms with E-state index in [1.165, 1.54) is 11.8 Å². The second kappa shape index (κ2) is 6.51. The van der Waals surface area contributed by atoms with E-state index < -0.39 is 0 Å². The van der Waals surface area contributed by atoms with E-state index in [0.717, 1.165) is 10.6 Å². The molecule has 0 bridgehead atoms. The fourth-order valence-electron chi connectivity index (χ4n) is 1.30. The fourth-order valence-corrected chi connectivity index (χ4v) is 2.62. The zero-order valence-corrected chi connectivity index (χ0v) is 11.5. The van der Waals surface area contributed by atoms with Crippen LogP contribution in [0.4, 0.5) is 0 Å². The number of ether oxygens (including phenoxy) is 1. The summed E-state index contributed by atoms with van der Waals surface area (Å²) in [5, 5.41) is 2.59. The van der Waals surface area contributed by atoms with E-state index in [4.69, 9.17) is 4.74 Å². The number of rotatable bonds is 5. The molecule has 18 heavy (non-hydrogen) atoms. The van der Waals surface area contributed by atoms with Crippen LogP contribution in [0.5, 0.6) is 0 Å². The van der Waals surface area contributed by atoms with Gasteiger partial charge in [0.2, 0.25) is 0 Å². The third-order valence-corrected chi connectivity index (χ3v) is 3.76. The number of carbonyl (C=O) groups excluding carboxylic acids is 1. The Morgan fingerprint density at radius 3 is 3.11 bits per heavy atom. The molecule has 0 saturated heterocycles. The van der Waals surface area contributed by atoms with Gasteiger partial charge in [-0.15, -0.1) is 11.3 Å². The lowest BCUT2D eigenvalue weighted by Gasteiger charge is -2.02. The Bertz CT molecular complexity index is 515. The van der Waals surface area contributed by atoms with Gasteiger partial charge in [0.05, 0.1) is 22.9 Å². The number of carbonyl (C=O) groups is 1. The van der Waals surface area contributed by atoms with Crippen LogP contribution in [0.1, 0.15) is 6.92 Å². The van der Waals surface area contributed by atoms with Gasteiger partial charge < -0.3 is 4.74 Å². The summed E-state index contributed by atoms with van der Waals surface area (Å²) >= 11 is 2.91. The summed E-state index contributed by atoms with van der Waals surface area (Å²) in [6, 6.07) is 5.85. The predicted octanol–water partition coefficient (Wildman–Crippen LogP) is 2.86. The first kappa shape index (κ1) is 13.0. The molecule has 0 aliphatic carbocycles. The first-order valence-corrected chi connectivity index (χ1v) is 7.31. The van der Waals surface area contributed by atoms with Crippen molar-refractivity contribution >= 4 is 29.1 Å². The molecule has 94 valence electrons. The number of esters is 1. The first-order valence-electron chi connectivity index (χ1n) is 5.45. The molecular weight excluding hydrogens is 268 g/mol. The van der Waals surface area contributed by atoms with Gasteiger partial charge in [0.25, 0.3) is 0 Å². The molecule has 0 atom stereocenters. The average Bonchev–Trinajstić information content (AvgIpc) is 2.91. The highest BCUT2D eigenvalue weighted by molar-refractivity contribution is 7.99. The van der Waals surface area contributed by atoms with E-state index in [0.29, 0.717) is 11.8 Å². The predicted molar refractivity (Wildman–Crippen MR) is 72.7 cm³/mol. The van der Waals surface area contributed by atoms with Crippen LogP contribution in [-0.2, 0) is 9.53 Å². The normalized spacial score (nSPS) is 10.3. The topological polar surface area (TPSA) is 52.1 Å². The Kier molecular flexibility index (Phi) is 4.72. The highest BCUT2D eigenvalue weighted by Gasteiger charge is 2.07. The van der Waals surface area contributed by atoms with Crippen molar-refractivity contribution in [3.05, 3.63) is 29.8 Å². The van der Waals surface area contributed by atoms with Crippen LogP contribution in [0.3, 0.4) is 0 Å². The second-order valence-corrected chi connectivity index (χ2v) is 5.19. The second-order valence-electron chi connectivity index (χ2n) is 3.30. The molecule has 0 aliphatic rings. The summed E-state index contributed by atoms with van der Waals surface area (Å²) in [6.45, 7) is 2.19. The molecule has 2 rings (SSSR count). The van der Waals surface area contributed by atoms with Crippen LogP contribution in [-0.4, -0.2) is 28.3 Å². The van der Waals surface area contributed by atoms with Crippen molar-refractivity contribution in [3.63, 3.8) is 0 Å². The van der Waals surface area contributed by atoms with Crippen molar-refractivity contribution in [1.29, 1.82) is 0 Å².